The average molecular weight is 502 g/mol. The van der Waals surface area contributed by atoms with Gasteiger partial charge in [-0.05, 0) is 54.8 Å². The zero-order chi connectivity index (χ0) is 25.4. The van der Waals surface area contributed by atoms with Gasteiger partial charge in [0.15, 0.2) is 6.20 Å². The van der Waals surface area contributed by atoms with Crippen LogP contribution < -0.4 is 10.0 Å². The second kappa shape index (κ2) is 9.00. The van der Waals surface area contributed by atoms with E-state index in [0.29, 0.717) is 49.8 Å². The minimum Gasteiger partial charge on any atom is -0.618 e. The van der Waals surface area contributed by atoms with Gasteiger partial charge in [0.1, 0.15) is 5.82 Å². The number of benzene rings is 2. The van der Waals surface area contributed by atoms with Crippen molar-refractivity contribution in [3.8, 4) is 28.5 Å². The number of carbonyl (C=O) groups excluding carboxylic acids is 1. The third kappa shape index (κ3) is 4.02. The van der Waals surface area contributed by atoms with E-state index in [1.54, 1.807) is 48.7 Å². The fourth-order valence-electron chi connectivity index (χ4n) is 4.51. The van der Waals surface area contributed by atoms with Crippen LogP contribution in [0.25, 0.3) is 22.4 Å². The second-order valence-electron chi connectivity index (χ2n) is 8.43. The molecule has 2 heterocycles. The molecule has 0 radical (unpaired) electrons. The van der Waals surface area contributed by atoms with Gasteiger partial charge >= 0.3 is 6.09 Å². The van der Waals surface area contributed by atoms with Gasteiger partial charge in [0.05, 0.1) is 30.6 Å². The number of amides is 1. The molecule has 36 heavy (non-hydrogen) atoms. The molecule has 1 amide bonds. The number of aromatic amines is 1. The minimum atomic E-state index is -1.60. The predicted octanol–water partition coefficient (Wildman–Crippen LogP) is 4.26. The van der Waals surface area contributed by atoms with E-state index in [1.165, 1.54) is 13.3 Å². The molecule has 0 spiro atoms. The van der Waals surface area contributed by atoms with Gasteiger partial charge in [-0.2, -0.15) is 9.99 Å². The lowest BCUT2D eigenvalue weighted by Crippen LogP contribution is -2.42. The molecule has 180 valence electrons. The lowest BCUT2D eigenvalue weighted by molar-refractivity contribution is -0.620. The molecular weight excluding hydrogens is 482 g/mol. The summed E-state index contributed by atoms with van der Waals surface area (Å²) in [6.45, 7) is 0. The molecule has 2 aromatic heterocycles. The van der Waals surface area contributed by atoms with Crippen molar-refractivity contribution < 1.29 is 19.4 Å². The van der Waals surface area contributed by atoms with Crippen LogP contribution in [0.1, 0.15) is 29.1 Å². The van der Waals surface area contributed by atoms with Crippen LogP contribution in [0.3, 0.4) is 0 Å². The highest BCUT2D eigenvalue weighted by Gasteiger charge is 2.48. The highest BCUT2D eigenvalue weighted by Crippen LogP contribution is 2.41. The second-order valence-corrected chi connectivity index (χ2v) is 8.87. The molecule has 0 aliphatic heterocycles. The number of hydrogen-bond acceptors (Lipinski definition) is 6. The number of anilines is 1. The van der Waals surface area contributed by atoms with Gasteiger partial charge in [-0.3, -0.25) is 5.32 Å². The average Bonchev–Trinajstić information content (AvgIpc) is 3.51. The largest absolute Gasteiger partial charge is 0.618 e. The van der Waals surface area contributed by atoms with Crippen LogP contribution in [0, 0.1) is 16.5 Å². The van der Waals surface area contributed by atoms with Crippen molar-refractivity contribution in [2.75, 3.05) is 12.4 Å². The number of ether oxygens (including phenoxy) is 1. The van der Waals surface area contributed by atoms with Crippen molar-refractivity contribution in [1.29, 1.82) is 5.26 Å². The van der Waals surface area contributed by atoms with E-state index in [-0.39, 0.29) is 17.9 Å². The summed E-state index contributed by atoms with van der Waals surface area (Å²) in [5, 5.41) is 37.3. The minimum absolute atomic E-state index is 0.199. The molecule has 10 heteroatoms. The molecule has 9 nitrogen and oxygen atoms in total. The summed E-state index contributed by atoms with van der Waals surface area (Å²) >= 11 is 6.13. The number of pyridine rings is 1. The Morgan fingerprint density at radius 2 is 2.06 bits per heavy atom. The number of nitriles is 1. The number of H-pyrrole nitrogens is 1. The van der Waals surface area contributed by atoms with Crippen LogP contribution in [-0.4, -0.2) is 28.3 Å². The Hall–Kier alpha value is -4.39. The number of carbonyl (C=O) groups is 1. The summed E-state index contributed by atoms with van der Waals surface area (Å²) in [5.74, 6) is 0.255. The fraction of sp³-hybridized carbons (Fsp3) is 0.154. The van der Waals surface area contributed by atoms with Gasteiger partial charge in [0.2, 0.25) is 11.3 Å². The van der Waals surface area contributed by atoms with Gasteiger partial charge in [0.25, 0.3) is 0 Å². The fourth-order valence-corrected chi connectivity index (χ4v) is 4.68. The third-order valence-corrected chi connectivity index (χ3v) is 6.50. The Kier molecular flexibility index (Phi) is 5.84. The number of rotatable bonds is 4. The summed E-state index contributed by atoms with van der Waals surface area (Å²) in [4.78, 5) is 18.9. The molecule has 3 N–H and O–H groups in total. The molecule has 0 fully saturated rings. The van der Waals surface area contributed by atoms with Crippen LogP contribution >= 0.6 is 11.6 Å². The standard InChI is InChI=1S/C26H20ClN5O4/c1-36-25(33)30-20-6-3-15(4-7-20)22-13-29-24(31-22)26(34)9-8-16-10-18(14-32(35)23(16)26)21-11-19(27)5-2-17(21)12-28/h2-7,10-11,13-14,34H,8-9H2,1H3,(H,29,31)(H,30,33). The number of hydrogen-bond donors (Lipinski definition) is 3. The molecule has 1 aliphatic rings. The smallest absolute Gasteiger partial charge is 0.411 e. The van der Waals surface area contributed by atoms with Crippen molar-refractivity contribution in [2.45, 2.75) is 18.4 Å². The molecule has 0 saturated heterocycles. The van der Waals surface area contributed by atoms with Crippen molar-refractivity contribution in [3.63, 3.8) is 0 Å². The van der Waals surface area contributed by atoms with E-state index in [9.17, 15) is 20.4 Å². The maximum absolute atomic E-state index is 13.2. The zero-order valence-corrected chi connectivity index (χ0v) is 19.8. The monoisotopic (exact) mass is 501 g/mol. The maximum atomic E-state index is 13.2. The van der Waals surface area contributed by atoms with Crippen LogP contribution in [0.4, 0.5) is 10.5 Å². The number of aryl methyl sites for hydroxylation is 1. The maximum Gasteiger partial charge on any atom is 0.411 e. The first-order valence-corrected chi connectivity index (χ1v) is 11.4. The SMILES string of the molecule is COC(=O)Nc1ccc(-c2cnc(C3(O)CCc4cc(-c5cc(Cl)ccc5C#N)c[n+]([O-])c43)[nH]2)cc1. The molecule has 0 saturated carbocycles. The Bertz CT molecular complexity index is 1530. The summed E-state index contributed by atoms with van der Waals surface area (Å²) in [7, 11) is 1.29. The normalized spacial score (nSPS) is 16.3. The van der Waals surface area contributed by atoms with Crippen LogP contribution in [0.2, 0.25) is 5.02 Å². The Balaban J connectivity index is 1.47. The third-order valence-electron chi connectivity index (χ3n) is 6.27. The summed E-state index contributed by atoms with van der Waals surface area (Å²) in [5.41, 5.74) is 2.75. The topological polar surface area (TPSA) is 138 Å². The molecule has 2 aromatic carbocycles. The zero-order valence-electron chi connectivity index (χ0n) is 19.1. The predicted molar refractivity (Wildman–Crippen MR) is 132 cm³/mol. The Morgan fingerprint density at radius 1 is 1.28 bits per heavy atom. The Labute approximate surface area is 211 Å². The Morgan fingerprint density at radius 3 is 2.78 bits per heavy atom. The number of halogens is 1. The number of nitrogens with one attached hydrogen (secondary N) is 2. The van der Waals surface area contributed by atoms with Gasteiger partial charge in [-0.1, -0.05) is 23.7 Å². The van der Waals surface area contributed by atoms with E-state index < -0.39 is 11.7 Å². The number of imidazole rings is 1. The molecular formula is C26H20ClN5O4. The van der Waals surface area contributed by atoms with E-state index in [4.69, 9.17) is 11.6 Å². The highest BCUT2D eigenvalue weighted by molar-refractivity contribution is 6.30. The van der Waals surface area contributed by atoms with E-state index in [1.807, 2.05) is 6.07 Å². The molecule has 5 rings (SSSR count). The molecule has 1 unspecified atom stereocenters. The van der Waals surface area contributed by atoms with Crippen LogP contribution in [0.5, 0.6) is 0 Å². The van der Waals surface area contributed by atoms with Gasteiger partial charge in [-0.25, -0.2) is 9.78 Å². The van der Waals surface area contributed by atoms with E-state index in [0.717, 1.165) is 5.56 Å². The first kappa shape index (κ1) is 23.4. The van der Waals surface area contributed by atoms with E-state index >= 15 is 0 Å². The van der Waals surface area contributed by atoms with Gasteiger partial charge in [0, 0.05) is 27.4 Å². The molecule has 1 aliphatic carbocycles. The van der Waals surface area contributed by atoms with Crippen molar-refractivity contribution >= 4 is 23.4 Å². The highest BCUT2D eigenvalue weighted by atomic mass is 35.5. The number of methoxy groups -OCH3 is 1. The summed E-state index contributed by atoms with van der Waals surface area (Å²) in [6.07, 6.45) is 3.08. The molecule has 1 atom stereocenters. The number of aromatic nitrogens is 3. The van der Waals surface area contributed by atoms with Crippen molar-refractivity contribution in [1.82, 2.24) is 9.97 Å². The first-order valence-electron chi connectivity index (χ1n) is 11.0. The number of fused-ring (bicyclic) bond motifs is 1. The van der Waals surface area contributed by atoms with Crippen molar-refractivity contribution in [3.05, 3.63) is 93.8 Å². The van der Waals surface area contributed by atoms with Crippen LogP contribution in [0.15, 0.2) is 60.9 Å². The lowest BCUT2D eigenvalue weighted by Gasteiger charge is -2.20. The van der Waals surface area contributed by atoms with Gasteiger partial charge < -0.3 is 20.0 Å². The quantitative estimate of drug-likeness (QED) is 0.282. The molecule has 4 aromatic rings. The summed E-state index contributed by atoms with van der Waals surface area (Å²) in [6, 6.07) is 15.8. The first-order chi connectivity index (χ1) is 17.3. The van der Waals surface area contributed by atoms with E-state index in [2.05, 4.69) is 26.1 Å². The van der Waals surface area contributed by atoms with Crippen LogP contribution in [-0.2, 0) is 16.8 Å². The number of nitrogens with zero attached hydrogens (tertiary/aromatic N) is 3. The molecule has 0 bridgehead atoms. The lowest BCUT2D eigenvalue weighted by atomic mass is 9.97. The van der Waals surface area contributed by atoms with Crippen molar-refractivity contribution in [2.24, 2.45) is 0 Å². The van der Waals surface area contributed by atoms with Gasteiger partial charge in [-0.15, -0.1) is 0 Å². The number of aliphatic hydroxyl groups is 1. The summed E-state index contributed by atoms with van der Waals surface area (Å²) < 4.78 is 5.23.